The Bertz CT molecular complexity index is 1400. The van der Waals surface area contributed by atoms with Crippen LogP contribution in [0.2, 0.25) is 0 Å². The number of fused-ring (bicyclic) bond motifs is 2. The smallest absolute Gasteiger partial charge is 0.327 e. The van der Waals surface area contributed by atoms with Gasteiger partial charge in [0.1, 0.15) is 5.69 Å². The molecule has 5 rings (SSSR count). The average molecular weight is 508 g/mol. The van der Waals surface area contributed by atoms with Crippen molar-refractivity contribution in [1.82, 2.24) is 29.9 Å². The SMILES string of the molecule is C[C@@H]1Cn2c(nnc2C(F)(F)F)CN1C(=O)c1cccc(C(F)(F)c2n[nH]c(=O)c3c2CCCC3)c1. The van der Waals surface area contributed by atoms with Gasteiger partial charge >= 0.3 is 12.1 Å². The summed E-state index contributed by atoms with van der Waals surface area (Å²) in [5.74, 6) is -5.40. The maximum atomic E-state index is 15.6. The molecule has 2 aromatic heterocycles. The highest BCUT2D eigenvalue weighted by Crippen LogP contribution is 2.38. The highest BCUT2D eigenvalue weighted by Gasteiger charge is 2.43. The minimum Gasteiger partial charge on any atom is -0.327 e. The maximum absolute atomic E-state index is 15.6. The molecule has 0 spiro atoms. The van der Waals surface area contributed by atoms with Crippen LogP contribution in [0.15, 0.2) is 29.1 Å². The first-order valence-electron chi connectivity index (χ1n) is 11.4. The molecule has 0 unspecified atom stereocenters. The third-order valence-corrected chi connectivity index (χ3v) is 6.70. The molecule has 0 saturated heterocycles. The first-order valence-corrected chi connectivity index (χ1v) is 11.4. The number of carbonyl (C=O) groups is 1. The number of aromatic amines is 1. The van der Waals surface area contributed by atoms with E-state index >= 15 is 8.78 Å². The molecule has 1 N–H and O–H groups in total. The Hall–Kier alpha value is -3.64. The van der Waals surface area contributed by atoms with E-state index in [-0.39, 0.29) is 30.0 Å². The van der Waals surface area contributed by atoms with Crippen molar-refractivity contribution < 1.29 is 26.7 Å². The summed E-state index contributed by atoms with van der Waals surface area (Å²) in [6.07, 6.45) is -2.61. The lowest BCUT2D eigenvalue weighted by molar-refractivity contribution is -0.148. The molecule has 0 bridgehead atoms. The van der Waals surface area contributed by atoms with E-state index in [0.717, 1.165) is 17.1 Å². The third-order valence-electron chi connectivity index (χ3n) is 6.70. The van der Waals surface area contributed by atoms with E-state index in [1.165, 1.54) is 23.1 Å². The molecule has 1 aliphatic carbocycles. The van der Waals surface area contributed by atoms with Crippen LogP contribution in [-0.4, -0.2) is 41.8 Å². The van der Waals surface area contributed by atoms with Crippen LogP contribution in [-0.2, 0) is 38.0 Å². The van der Waals surface area contributed by atoms with Gasteiger partial charge in [-0.15, -0.1) is 10.2 Å². The molecule has 36 heavy (non-hydrogen) atoms. The molecule has 1 aliphatic heterocycles. The molecule has 190 valence electrons. The molecule has 8 nitrogen and oxygen atoms in total. The van der Waals surface area contributed by atoms with Crippen LogP contribution >= 0.6 is 0 Å². The van der Waals surface area contributed by atoms with E-state index in [1.807, 2.05) is 0 Å². The fourth-order valence-corrected chi connectivity index (χ4v) is 4.87. The zero-order chi connectivity index (χ0) is 25.8. The van der Waals surface area contributed by atoms with Gasteiger partial charge in [0, 0.05) is 29.3 Å². The van der Waals surface area contributed by atoms with Crippen molar-refractivity contribution in [1.29, 1.82) is 0 Å². The summed E-state index contributed by atoms with van der Waals surface area (Å²) in [5.41, 5.74) is -1.01. The number of nitrogens with zero attached hydrogens (tertiary/aromatic N) is 5. The zero-order valence-corrected chi connectivity index (χ0v) is 19.1. The summed E-state index contributed by atoms with van der Waals surface area (Å²) < 4.78 is 71.8. The van der Waals surface area contributed by atoms with Crippen LogP contribution in [0.3, 0.4) is 0 Å². The van der Waals surface area contributed by atoms with Crippen LogP contribution in [0.4, 0.5) is 22.0 Å². The monoisotopic (exact) mass is 508 g/mol. The largest absolute Gasteiger partial charge is 0.451 e. The molecule has 0 saturated carbocycles. The maximum Gasteiger partial charge on any atom is 0.451 e. The summed E-state index contributed by atoms with van der Waals surface area (Å²) in [7, 11) is 0. The van der Waals surface area contributed by atoms with E-state index in [2.05, 4.69) is 20.4 Å². The van der Waals surface area contributed by atoms with Crippen LogP contribution in [0.5, 0.6) is 0 Å². The summed E-state index contributed by atoms with van der Waals surface area (Å²) in [6, 6.07) is 4.24. The van der Waals surface area contributed by atoms with Crippen molar-refractivity contribution in [3.63, 3.8) is 0 Å². The highest BCUT2D eigenvalue weighted by molar-refractivity contribution is 5.94. The Morgan fingerprint density at radius 2 is 1.81 bits per heavy atom. The van der Waals surface area contributed by atoms with Gasteiger partial charge in [-0.05, 0) is 50.3 Å². The van der Waals surface area contributed by atoms with Crippen LogP contribution in [0.25, 0.3) is 0 Å². The van der Waals surface area contributed by atoms with Crippen molar-refractivity contribution in [2.24, 2.45) is 0 Å². The van der Waals surface area contributed by atoms with E-state index in [1.54, 1.807) is 6.92 Å². The van der Waals surface area contributed by atoms with Gasteiger partial charge in [0.05, 0.1) is 6.54 Å². The van der Waals surface area contributed by atoms with Crippen molar-refractivity contribution in [3.8, 4) is 0 Å². The number of benzene rings is 1. The minimum atomic E-state index is -4.69. The zero-order valence-electron chi connectivity index (χ0n) is 19.1. The van der Waals surface area contributed by atoms with Gasteiger partial charge in [0.25, 0.3) is 11.5 Å². The van der Waals surface area contributed by atoms with Crippen LogP contribution in [0.1, 0.15) is 64.2 Å². The van der Waals surface area contributed by atoms with Gasteiger partial charge in [-0.2, -0.15) is 27.1 Å². The molecule has 13 heteroatoms. The first-order chi connectivity index (χ1) is 17.0. The fraction of sp³-hybridized carbons (Fsp3) is 0.435. The summed E-state index contributed by atoms with van der Waals surface area (Å²) in [5, 5.41) is 12.6. The second-order valence-corrected chi connectivity index (χ2v) is 9.05. The van der Waals surface area contributed by atoms with Crippen molar-refractivity contribution in [3.05, 3.63) is 74.2 Å². The predicted molar refractivity (Wildman–Crippen MR) is 115 cm³/mol. The normalized spacial score (nSPS) is 18.1. The molecule has 1 amide bonds. The number of hydrogen-bond donors (Lipinski definition) is 1. The molecule has 0 fully saturated rings. The van der Waals surface area contributed by atoms with Crippen molar-refractivity contribution in [2.45, 2.75) is 63.8 Å². The Balaban J connectivity index is 1.46. The Morgan fingerprint density at radius 3 is 2.53 bits per heavy atom. The average Bonchev–Trinajstić information content (AvgIpc) is 3.26. The third kappa shape index (κ3) is 3.95. The lowest BCUT2D eigenvalue weighted by Crippen LogP contribution is -2.45. The van der Waals surface area contributed by atoms with E-state index in [0.29, 0.717) is 24.8 Å². The topological polar surface area (TPSA) is 96.8 Å². The van der Waals surface area contributed by atoms with Gasteiger partial charge in [0.15, 0.2) is 5.82 Å². The molecule has 1 atom stereocenters. The Morgan fingerprint density at radius 1 is 1.08 bits per heavy atom. The first kappa shape index (κ1) is 24.1. The summed E-state index contributed by atoms with van der Waals surface area (Å²) in [4.78, 5) is 26.6. The molecule has 2 aliphatic rings. The second kappa shape index (κ2) is 8.49. The van der Waals surface area contributed by atoms with Crippen molar-refractivity contribution in [2.75, 3.05) is 0 Å². The lowest BCUT2D eigenvalue weighted by atomic mass is 9.88. The van der Waals surface area contributed by atoms with Gasteiger partial charge in [-0.3, -0.25) is 9.59 Å². The molecule has 3 aromatic rings. The summed E-state index contributed by atoms with van der Waals surface area (Å²) in [6.45, 7) is 1.13. The number of halogens is 5. The number of H-pyrrole nitrogens is 1. The number of nitrogens with one attached hydrogen (secondary N) is 1. The Labute approximate surface area is 201 Å². The minimum absolute atomic E-state index is 0.0423. The number of carbonyl (C=O) groups excluding carboxylic acids is 1. The number of amides is 1. The molecular formula is C23H21F5N6O2. The van der Waals surface area contributed by atoms with Gasteiger partial charge in [0.2, 0.25) is 5.82 Å². The number of aromatic nitrogens is 5. The second-order valence-electron chi connectivity index (χ2n) is 9.05. The van der Waals surface area contributed by atoms with E-state index < -0.39 is 46.7 Å². The van der Waals surface area contributed by atoms with Crippen LogP contribution < -0.4 is 5.56 Å². The standard InChI is InChI=1S/C23H21F5N6O2/c1-12-10-34-17(29-32-21(34)23(26,27)28)11-33(12)20(36)13-5-4-6-14(9-13)22(24,25)18-15-7-2-3-8-16(15)19(35)31-30-18/h4-6,9,12H,2-3,7-8,10-11H2,1H3,(H,31,35)/t12-/m1/s1. The summed E-state index contributed by atoms with van der Waals surface area (Å²) >= 11 is 0. The van der Waals surface area contributed by atoms with E-state index in [4.69, 9.17) is 0 Å². The molecule has 0 radical (unpaired) electrons. The predicted octanol–water partition coefficient (Wildman–Crippen LogP) is 3.44. The van der Waals surface area contributed by atoms with Gasteiger partial charge < -0.3 is 9.47 Å². The molecular weight excluding hydrogens is 487 g/mol. The fourth-order valence-electron chi connectivity index (χ4n) is 4.87. The van der Waals surface area contributed by atoms with Gasteiger partial charge in [-0.25, -0.2) is 5.10 Å². The molecule has 3 heterocycles. The van der Waals surface area contributed by atoms with Gasteiger partial charge in [-0.1, -0.05) is 12.1 Å². The van der Waals surface area contributed by atoms with Crippen molar-refractivity contribution >= 4 is 5.91 Å². The number of alkyl halides is 5. The quantitative estimate of drug-likeness (QED) is 0.547. The van der Waals surface area contributed by atoms with Crippen LogP contribution in [0, 0.1) is 0 Å². The molecule has 1 aromatic carbocycles. The number of hydrogen-bond acceptors (Lipinski definition) is 5. The highest BCUT2D eigenvalue weighted by atomic mass is 19.4. The van der Waals surface area contributed by atoms with E-state index in [9.17, 15) is 22.8 Å². The Kier molecular flexibility index (Phi) is 5.67. The lowest BCUT2D eigenvalue weighted by Gasteiger charge is -2.34. The number of rotatable bonds is 3.